The molecule has 1 heteroatoms. The van der Waals surface area contributed by atoms with Crippen LogP contribution >= 0.6 is 0 Å². The van der Waals surface area contributed by atoms with Crippen LogP contribution in [0.15, 0.2) is 0 Å². The van der Waals surface area contributed by atoms with Gasteiger partial charge in [-0.25, -0.2) is 5.32 Å². The third kappa shape index (κ3) is 4.10. The maximum Gasteiger partial charge on any atom is 0.0246 e. The van der Waals surface area contributed by atoms with Gasteiger partial charge in [0.1, 0.15) is 0 Å². The van der Waals surface area contributed by atoms with Gasteiger partial charge in [0.2, 0.25) is 0 Å². The summed E-state index contributed by atoms with van der Waals surface area (Å²) in [5.74, 6) is 0. The summed E-state index contributed by atoms with van der Waals surface area (Å²) in [6.07, 6.45) is 11.0. The van der Waals surface area contributed by atoms with Crippen molar-refractivity contribution in [1.82, 2.24) is 5.32 Å². The van der Waals surface area contributed by atoms with Crippen LogP contribution in [0.5, 0.6) is 0 Å². The summed E-state index contributed by atoms with van der Waals surface area (Å²) in [4.78, 5) is 0. The van der Waals surface area contributed by atoms with Crippen LogP contribution in [0.25, 0.3) is 0 Å². The average molecular weight is 168 g/mol. The van der Waals surface area contributed by atoms with Crippen molar-refractivity contribution < 1.29 is 0 Å². The van der Waals surface area contributed by atoms with E-state index in [0.717, 1.165) is 12.6 Å². The summed E-state index contributed by atoms with van der Waals surface area (Å²) in [6, 6.07) is 0.732. The van der Waals surface area contributed by atoms with Crippen LogP contribution in [0.1, 0.15) is 58.3 Å². The standard InChI is InChI=1S/C11H22N/c1-2-3-7-10-12-11-8-5-4-6-9-11/h11H,2-10H2,1H3. The molecule has 1 saturated carbocycles. The summed E-state index contributed by atoms with van der Waals surface area (Å²) < 4.78 is 0. The van der Waals surface area contributed by atoms with Gasteiger partial charge in [-0.2, -0.15) is 0 Å². The zero-order valence-electron chi connectivity index (χ0n) is 8.39. The SMILES string of the molecule is CCCCC[N]C1CCCCC1. The highest BCUT2D eigenvalue weighted by Crippen LogP contribution is 2.18. The number of hydrogen-bond acceptors (Lipinski definition) is 0. The van der Waals surface area contributed by atoms with Gasteiger partial charge in [-0.3, -0.25) is 0 Å². The van der Waals surface area contributed by atoms with E-state index in [4.69, 9.17) is 5.32 Å². The zero-order valence-corrected chi connectivity index (χ0v) is 8.39. The number of nitrogens with zero attached hydrogens (tertiary/aromatic N) is 1. The molecule has 0 aromatic carbocycles. The molecule has 0 heterocycles. The molecule has 1 nitrogen and oxygen atoms in total. The molecule has 12 heavy (non-hydrogen) atoms. The Kier molecular flexibility index (Phi) is 5.42. The zero-order chi connectivity index (χ0) is 8.65. The fourth-order valence-electron chi connectivity index (χ4n) is 1.90. The second kappa shape index (κ2) is 6.47. The normalized spacial score (nSPS) is 19.8. The van der Waals surface area contributed by atoms with E-state index < -0.39 is 0 Å². The fourth-order valence-corrected chi connectivity index (χ4v) is 1.90. The quantitative estimate of drug-likeness (QED) is 0.560. The Morgan fingerprint density at radius 2 is 1.83 bits per heavy atom. The number of unbranched alkanes of at least 4 members (excludes halogenated alkanes) is 2. The van der Waals surface area contributed by atoms with Crippen LogP contribution in [-0.4, -0.2) is 12.6 Å². The topological polar surface area (TPSA) is 14.1 Å². The lowest BCUT2D eigenvalue weighted by Crippen LogP contribution is -2.25. The van der Waals surface area contributed by atoms with Crippen LogP contribution in [-0.2, 0) is 0 Å². The minimum atomic E-state index is 0.732. The highest BCUT2D eigenvalue weighted by molar-refractivity contribution is 4.70. The predicted molar refractivity (Wildman–Crippen MR) is 53.4 cm³/mol. The third-order valence-corrected chi connectivity index (χ3v) is 2.72. The lowest BCUT2D eigenvalue weighted by atomic mass is 9.95. The second-order valence-electron chi connectivity index (χ2n) is 3.91. The van der Waals surface area contributed by atoms with Crippen LogP contribution in [0, 0.1) is 0 Å². The minimum Gasteiger partial charge on any atom is -0.238 e. The Bertz CT molecular complexity index is 95.2. The highest BCUT2D eigenvalue weighted by Gasteiger charge is 2.12. The van der Waals surface area contributed by atoms with E-state index in [1.54, 1.807) is 0 Å². The van der Waals surface area contributed by atoms with Crippen molar-refractivity contribution in [2.45, 2.75) is 64.3 Å². The Labute approximate surface area is 76.9 Å². The van der Waals surface area contributed by atoms with Crippen molar-refractivity contribution in [1.29, 1.82) is 0 Å². The molecule has 0 amide bonds. The molecule has 1 aliphatic rings. The van der Waals surface area contributed by atoms with Crippen LogP contribution in [0.2, 0.25) is 0 Å². The minimum absolute atomic E-state index is 0.732. The van der Waals surface area contributed by atoms with E-state index in [1.807, 2.05) is 0 Å². The molecule has 71 valence electrons. The Morgan fingerprint density at radius 3 is 2.50 bits per heavy atom. The summed E-state index contributed by atoms with van der Waals surface area (Å²) in [6.45, 7) is 3.37. The Morgan fingerprint density at radius 1 is 1.08 bits per heavy atom. The molecule has 0 aromatic heterocycles. The maximum atomic E-state index is 4.72. The Hall–Kier alpha value is -0.0400. The lowest BCUT2D eigenvalue weighted by molar-refractivity contribution is 0.364. The number of rotatable bonds is 5. The third-order valence-electron chi connectivity index (χ3n) is 2.72. The first-order valence-corrected chi connectivity index (χ1v) is 5.60. The average Bonchev–Trinajstić information content (AvgIpc) is 2.14. The summed E-state index contributed by atoms with van der Waals surface area (Å²) in [5, 5.41) is 4.72. The van der Waals surface area contributed by atoms with Crippen molar-refractivity contribution in [3.8, 4) is 0 Å². The molecular weight excluding hydrogens is 146 g/mol. The van der Waals surface area contributed by atoms with Gasteiger partial charge < -0.3 is 0 Å². The summed E-state index contributed by atoms with van der Waals surface area (Å²) in [5.41, 5.74) is 0. The van der Waals surface area contributed by atoms with E-state index in [2.05, 4.69) is 6.92 Å². The first-order valence-electron chi connectivity index (χ1n) is 5.60. The van der Waals surface area contributed by atoms with Crippen molar-refractivity contribution in [2.75, 3.05) is 6.54 Å². The Balaban J connectivity index is 1.91. The lowest BCUT2D eigenvalue weighted by Gasteiger charge is -2.20. The molecule has 0 spiro atoms. The molecule has 1 radical (unpaired) electrons. The van der Waals surface area contributed by atoms with Crippen LogP contribution < -0.4 is 5.32 Å². The van der Waals surface area contributed by atoms with E-state index >= 15 is 0 Å². The monoisotopic (exact) mass is 168 g/mol. The molecule has 1 aliphatic carbocycles. The maximum absolute atomic E-state index is 4.72. The van der Waals surface area contributed by atoms with Gasteiger partial charge in [-0.15, -0.1) is 0 Å². The van der Waals surface area contributed by atoms with E-state index in [1.165, 1.54) is 51.4 Å². The van der Waals surface area contributed by atoms with E-state index in [9.17, 15) is 0 Å². The van der Waals surface area contributed by atoms with Crippen molar-refractivity contribution >= 4 is 0 Å². The largest absolute Gasteiger partial charge is 0.238 e. The molecule has 1 rings (SSSR count). The van der Waals surface area contributed by atoms with Gasteiger partial charge in [-0.1, -0.05) is 39.0 Å². The molecule has 1 fully saturated rings. The summed E-state index contributed by atoms with van der Waals surface area (Å²) in [7, 11) is 0. The van der Waals surface area contributed by atoms with Gasteiger partial charge in [0.15, 0.2) is 0 Å². The number of hydrogen-bond donors (Lipinski definition) is 0. The smallest absolute Gasteiger partial charge is 0.0246 e. The first kappa shape index (κ1) is 10.0. The van der Waals surface area contributed by atoms with Gasteiger partial charge >= 0.3 is 0 Å². The molecule has 0 aromatic rings. The van der Waals surface area contributed by atoms with E-state index in [-0.39, 0.29) is 0 Å². The van der Waals surface area contributed by atoms with Crippen LogP contribution in [0.3, 0.4) is 0 Å². The molecule has 0 aliphatic heterocycles. The molecular formula is C11H22N. The molecule has 0 unspecified atom stereocenters. The van der Waals surface area contributed by atoms with Crippen LogP contribution in [0.4, 0.5) is 0 Å². The van der Waals surface area contributed by atoms with Crippen molar-refractivity contribution in [3.05, 3.63) is 0 Å². The van der Waals surface area contributed by atoms with Gasteiger partial charge in [0.05, 0.1) is 0 Å². The fraction of sp³-hybridized carbons (Fsp3) is 1.00. The molecule has 0 bridgehead atoms. The highest BCUT2D eigenvalue weighted by atomic mass is 14.9. The second-order valence-corrected chi connectivity index (χ2v) is 3.91. The predicted octanol–water partition coefficient (Wildman–Crippen LogP) is 3.11. The van der Waals surface area contributed by atoms with Crippen molar-refractivity contribution in [2.24, 2.45) is 0 Å². The molecule has 0 N–H and O–H groups in total. The first-order chi connectivity index (χ1) is 5.93. The van der Waals surface area contributed by atoms with E-state index in [0.29, 0.717) is 0 Å². The van der Waals surface area contributed by atoms with Gasteiger partial charge in [-0.05, 0) is 19.3 Å². The summed E-state index contributed by atoms with van der Waals surface area (Å²) >= 11 is 0. The molecule has 0 saturated heterocycles. The van der Waals surface area contributed by atoms with Crippen molar-refractivity contribution in [3.63, 3.8) is 0 Å². The van der Waals surface area contributed by atoms with Gasteiger partial charge in [0, 0.05) is 12.6 Å². The van der Waals surface area contributed by atoms with Gasteiger partial charge in [0.25, 0.3) is 0 Å². The molecule has 0 atom stereocenters.